The molecule has 0 spiro atoms. The number of rotatable bonds is 3. The van der Waals surface area contributed by atoms with E-state index < -0.39 is 6.04 Å². The maximum atomic E-state index is 13.3. The molecular weight excluding hydrogens is 360 g/mol. The molecule has 0 aliphatic carbocycles. The number of piperazine rings is 1. The predicted molar refractivity (Wildman–Crippen MR) is 116 cm³/mol. The summed E-state index contributed by atoms with van der Waals surface area (Å²) in [5, 5.41) is 0. The van der Waals surface area contributed by atoms with E-state index in [0.29, 0.717) is 18.7 Å². The molecule has 0 N–H and O–H groups in total. The van der Waals surface area contributed by atoms with Crippen LogP contribution in [-0.2, 0) is 4.79 Å². The standard InChI is InChI=1S/C25H24N2O2/c1-18-10-6-7-13-21(18)25(29)26-16-17-27(24(28)19(26)2)23-15-9-8-14-22(23)20-11-4-3-5-12-20/h3-15,19H,16-17H2,1-2H3/t19-/m1/s1. The second-order valence-electron chi connectivity index (χ2n) is 7.36. The average Bonchev–Trinajstić information content (AvgIpc) is 2.76. The third kappa shape index (κ3) is 3.54. The Bertz CT molecular complexity index is 1050. The highest BCUT2D eigenvalue weighted by Crippen LogP contribution is 2.32. The van der Waals surface area contributed by atoms with Gasteiger partial charge in [-0.15, -0.1) is 0 Å². The smallest absolute Gasteiger partial charge is 0.254 e. The van der Waals surface area contributed by atoms with Crippen LogP contribution in [-0.4, -0.2) is 35.8 Å². The van der Waals surface area contributed by atoms with Crippen LogP contribution < -0.4 is 4.90 Å². The second kappa shape index (κ2) is 7.92. The van der Waals surface area contributed by atoms with Gasteiger partial charge in [0.1, 0.15) is 6.04 Å². The zero-order valence-corrected chi connectivity index (χ0v) is 16.7. The number of amides is 2. The first-order valence-corrected chi connectivity index (χ1v) is 9.90. The summed E-state index contributed by atoms with van der Waals surface area (Å²) in [5.41, 5.74) is 4.56. The molecule has 0 aromatic heterocycles. The van der Waals surface area contributed by atoms with Crippen molar-refractivity contribution in [2.75, 3.05) is 18.0 Å². The highest BCUT2D eigenvalue weighted by Gasteiger charge is 2.36. The van der Waals surface area contributed by atoms with Crippen molar-refractivity contribution in [1.82, 2.24) is 4.90 Å². The fourth-order valence-electron chi connectivity index (χ4n) is 3.93. The van der Waals surface area contributed by atoms with Gasteiger partial charge in [0.2, 0.25) is 5.91 Å². The molecule has 0 bridgehead atoms. The summed E-state index contributed by atoms with van der Waals surface area (Å²) in [7, 11) is 0. The summed E-state index contributed by atoms with van der Waals surface area (Å²) in [6.45, 7) is 4.72. The summed E-state index contributed by atoms with van der Waals surface area (Å²) in [6, 6.07) is 25.0. The first kappa shape index (κ1) is 18.9. The van der Waals surface area contributed by atoms with Crippen molar-refractivity contribution in [3.8, 4) is 11.1 Å². The number of hydrogen-bond acceptors (Lipinski definition) is 2. The van der Waals surface area contributed by atoms with Crippen LogP contribution in [0.2, 0.25) is 0 Å². The molecule has 1 saturated heterocycles. The van der Waals surface area contributed by atoms with E-state index in [1.54, 1.807) is 4.90 Å². The van der Waals surface area contributed by atoms with Crippen LogP contribution in [0, 0.1) is 6.92 Å². The molecule has 0 saturated carbocycles. The fourth-order valence-corrected chi connectivity index (χ4v) is 3.93. The van der Waals surface area contributed by atoms with Gasteiger partial charge < -0.3 is 9.80 Å². The zero-order chi connectivity index (χ0) is 20.4. The molecular formula is C25H24N2O2. The van der Waals surface area contributed by atoms with Crippen molar-refractivity contribution in [2.45, 2.75) is 19.9 Å². The molecule has 4 heteroatoms. The first-order valence-electron chi connectivity index (χ1n) is 9.90. The Kier molecular flexibility index (Phi) is 5.17. The van der Waals surface area contributed by atoms with E-state index in [1.807, 2.05) is 97.6 Å². The summed E-state index contributed by atoms with van der Waals surface area (Å²) < 4.78 is 0. The highest BCUT2D eigenvalue weighted by atomic mass is 16.2. The van der Waals surface area contributed by atoms with E-state index in [-0.39, 0.29) is 11.8 Å². The molecule has 2 amide bonds. The molecule has 1 aliphatic rings. The SMILES string of the molecule is Cc1ccccc1C(=O)N1CCN(c2ccccc2-c2ccccc2)C(=O)[C@H]1C. The van der Waals surface area contributed by atoms with Gasteiger partial charge >= 0.3 is 0 Å². The molecule has 4 nitrogen and oxygen atoms in total. The highest BCUT2D eigenvalue weighted by molar-refractivity contribution is 6.05. The molecule has 0 radical (unpaired) electrons. The Balaban J connectivity index is 1.62. The number of aryl methyl sites for hydroxylation is 1. The number of hydrogen-bond donors (Lipinski definition) is 0. The minimum atomic E-state index is -0.514. The van der Waals surface area contributed by atoms with Gasteiger partial charge in [-0.2, -0.15) is 0 Å². The van der Waals surface area contributed by atoms with Gasteiger partial charge in [0.15, 0.2) is 0 Å². The summed E-state index contributed by atoms with van der Waals surface area (Å²) in [6.07, 6.45) is 0. The van der Waals surface area contributed by atoms with Crippen LogP contribution in [0.1, 0.15) is 22.8 Å². The van der Waals surface area contributed by atoms with E-state index in [9.17, 15) is 9.59 Å². The van der Waals surface area contributed by atoms with E-state index in [4.69, 9.17) is 0 Å². The van der Waals surface area contributed by atoms with Crippen molar-refractivity contribution >= 4 is 17.5 Å². The van der Waals surface area contributed by atoms with Crippen LogP contribution in [0.3, 0.4) is 0 Å². The second-order valence-corrected chi connectivity index (χ2v) is 7.36. The van der Waals surface area contributed by atoms with Crippen molar-refractivity contribution in [1.29, 1.82) is 0 Å². The van der Waals surface area contributed by atoms with Crippen LogP contribution in [0.25, 0.3) is 11.1 Å². The number of benzene rings is 3. The van der Waals surface area contributed by atoms with Crippen LogP contribution in [0.4, 0.5) is 5.69 Å². The normalized spacial score (nSPS) is 16.8. The van der Waals surface area contributed by atoms with Gasteiger partial charge in [-0.05, 0) is 37.1 Å². The predicted octanol–water partition coefficient (Wildman–Crippen LogP) is 4.54. The number of carbonyl (C=O) groups is 2. The Morgan fingerprint density at radius 1 is 0.862 bits per heavy atom. The maximum Gasteiger partial charge on any atom is 0.254 e. The van der Waals surface area contributed by atoms with E-state index in [2.05, 4.69) is 0 Å². The molecule has 0 unspecified atom stereocenters. The maximum absolute atomic E-state index is 13.3. The lowest BCUT2D eigenvalue weighted by molar-refractivity contribution is -0.124. The summed E-state index contributed by atoms with van der Waals surface area (Å²) in [5.74, 6) is -0.137. The number of nitrogens with zero attached hydrogens (tertiary/aromatic N) is 2. The molecule has 29 heavy (non-hydrogen) atoms. The lowest BCUT2D eigenvalue weighted by Crippen LogP contribution is -2.58. The van der Waals surface area contributed by atoms with Gasteiger partial charge in [-0.3, -0.25) is 9.59 Å². The van der Waals surface area contributed by atoms with Crippen LogP contribution in [0.15, 0.2) is 78.9 Å². The van der Waals surface area contributed by atoms with E-state index in [0.717, 1.165) is 22.4 Å². The molecule has 3 aromatic rings. The molecule has 4 rings (SSSR count). The van der Waals surface area contributed by atoms with Crippen molar-refractivity contribution in [3.05, 3.63) is 90.0 Å². The number of para-hydroxylation sites is 1. The van der Waals surface area contributed by atoms with Crippen LogP contribution in [0.5, 0.6) is 0 Å². The first-order chi connectivity index (χ1) is 14.1. The Morgan fingerprint density at radius 3 is 2.28 bits per heavy atom. The van der Waals surface area contributed by atoms with Crippen molar-refractivity contribution in [2.24, 2.45) is 0 Å². The number of carbonyl (C=O) groups excluding carboxylic acids is 2. The molecule has 146 valence electrons. The van der Waals surface area contributed by atoms with Gasteiger partial charge in [-0.1, -0.05) is 66.7 Å². The van der Waals surface area contributed by atoms with Gasteiger partial charge in [0, 0.05) is 24.2 Å². The zero-order valence-electron chi connectivity index (χ0n) is 16.7. The van der Waals surface area contributed by atoms with Gasteiger partial charge in [0.25, 0.3) is 5.91 Å². The molecule has 1 aliphatic heterocycles. The van der Waals surface area contributed by atoms with E-state index in [1.165, 1.54) is 0 Å². The molecule has 3 aromatic carbocycles. The molecule has 1 heterocycles. The third-order valence-electron chi connectivity index (χ3n) is 5.57. The lowest BCUT2D eigenvalue weighted by Gasteiger charge is -2.40. The number of anilines is 1. The van der Waals surface area contributed by atoms with Gasteiger partial charge in [-0.25, -0.2) is 0 Å². The Hall–Kier alpha value is -3.40. The van der Waals surface area contributed by atoms with Crippen molar-refractivity contribution < 1.29 is 9.59 Å². The monoisotopic (exact) mass is 384 g/mol. The minimum absolute atomic E-state index is 0.0541. The largest absolute Gasteiger partial charge is 0.325 e. The summed E-state index contributed by atoms with van der Waals surface area (Å²) >= 11 is 0. The lowest BCUT2D eigenvalue weighted by atomic mass is 10.0. The topological polar surface area (TPSA) is 40.6 Å². The van der Waals surface area contributed by atoms with E-state index >= 15 is 0 Å². The Morgan fingerprint density at radius 2 is 1.52 bits per heavy atom. The molecule has 1 atom stereocenters. The third-order valence-corrected chi connectivity index (χ3v) is 5.57. The quantitative estimate of drug-likeness (QED) is 0.665. The van der Waals surface area contributed by atoms with Crippen LogP contribution >= 0.6 is 0 Å². The van der Waals surface area contributed by atoms with Crippen molar-refractivity contribution in [3.63, 3.8) is 0 Å². The fraction of sp³-hybridized carbons (Fsp3) is 0.200. The summed E-state index contributed by atoms with van der Waals surface area (Å²) in [4.78, 5) is 29.8. The Labute approximate surface area is 171 Å². The average molecular weight is 384 g/mol. The minimum Gasteiger partial charge on any atom is -0.325 e. The van der Waals surface area contributed by atoms with Gasteiger partial charge in [0.05, 0.1) is 5.69 Å². The molecule has 1 fully saturated rings.